The van der Waals surface area contributed by atoms with Gasteiger partial charge in [-0.3, -0.25) is 4.79 Å². The predicted molar refractivity (Wildman–Crippen MR) is 107 cm³/mol. The van der Waals surface area contributed by atoms with E-state index >= 15 is 0 Å². The summed E-state index contributed by atoms with van der Waals surface area (Å²) in [5.41, 5.74) is 2.57. The van der Waals surface area contributed by atoms with Crippen LogP contribution < -0.4 is 0 Å². The summed E-state index contributed by atoms with van der Waals surface area (Å²) in [7, 11) is 1.70. The van der Waals surface area contributed by atoms with Gasteiger partial charge in [-0.1, -0.05) is 73.7 Å². The Kier molecular flexibility index (Phi) is 20.4. The van der Waals surface area contributed by atoms with E-state index in [1.165, 1.54) is 5.56 Å². The minimum absolute atomic E-state index is 0. The Morgan fingerprint density at radius 2 is 1.35 bits per heavy atom. The third kappa shape index (κ3) is 26.1. The van der Waals surface area contributed by atoms with Crippen molar-refractivity contribution in [3.8, 4) is 0 Å². The molecule has 0 atom stereocenters. The summed E-state index contributed by atoms with van der Waals surface area (Å²) < 4.78 is 4.75. The highest BCUT2D eigenvalue weighted by molar-refractivity contribution is 5.93. The quantitative estimate of drug-likeness (QED) is 0.570. The first-order valence-corrected chi connectivity index (χ1v) is 7.63. The second kappa shape index (κ2) is 15.7. The van der Waals surface area contributed by atoms with E-state index in [-0.39, 0.29) is 20.6 Å². The van der Waals surface area contributed by atoms with Gasteiger partial charge in [0, 0.05) is 12.7 Å². The van der Waals surface area contributed by atoms with Gasteiger partial charge in [-0.25, -0.2) is 0 Å². The first-order chi connectivity index (χ1) is 9.51. The fourth-order valence-corrected chi connectivity index (χ4v) is 0.975. The average molecular weight is 327 g/mol. The molecule has 0 aromatic heterocycles. The van der Waals surface area contributed by atoms with E-state index in [0.717, 1.165) is 12.0 Å². The molecule has 0 N–H and O–H groups in total. The second-order valence-corrected chi connectivity index (χ2v) is 6.89. The molecule has 0 saturated heterocycles. The molecular formula is C21H42O2. The molecular weight excluding hydrogens is 284 g/mol. The van der Waals surface area contributed by atoms with Crippen molar-refractivity contribution in [2.24, 2.45) is 5.41 Å². The molecule has 23 heavy (non-hydrogen) atoms. The lowest BCUT2D eigenvalue weighted by atomic mass is 10.0. The Labute approximate surface area is 146 Å². The van der Waals surface area contributed by atoms with Crippen LogP contribution in [0, 0.1) is 5.41 Å². The molecule has 0 aliphatic heterocycles. The van der Waals surface area contributed by atoms with E-state index in [2.05, 4.69) is 34.6 Å². The van der Waals surface area contributed by atoms with Crippen LogP contribution in [0.25, 0.3) is 0 Å². The molecule has 1 aromatic carbocycles. The Morgan fingerprint density at radius 1 is 1.04 bits per heavy atom. The smallest absolute Gasteiger partial charge is 0.159 e. The van der Waals surface area contributed by atoms with E-state index in [1.54, 1.807) is 14.0 Å². The number of ketones is 1. The van der Waals surface area contributed by atoms with Gasteiger partial charge >= 0.3 is 0 Å². The molecule has 0 fully saturated rings. The summed E-state index contributed by atoms with van der Waals surface area (Å²) in [4.78, 5) is 10.8. The number of aryl methyl sites for hydroxylation is 1. The molecule has 0 radical (unpaired) electrons. The van der Waals surface area contributed by atoms with E-state index < -0.39 is 0 Å². The van der Waals surface area contributed by atoms with Crippen molar-refractivity contribution in [3.05, 3.63) is 35.4 Å². The van der Waals surface area contributed by atoms with Gasteiger partial charge in [-0.15, -0.1) is 0 Å². The highest BCUT2D eigenvalue weighted by Gasteiger charge is 1.96. The minimum atomic E-state index is 0. The monoisotopic (exact) mass is 326 g/mol. The van der Waals surface area contributed by atoms with Crippen molar-refractivity contribution >= 4 is 5.78 Å². The van der Waals surface area contributed by atoms with E-state index in [9.17, 15) is 4.79 Å². The SMILES string of the molecule is C.C.CC(C)(C)C.CCc1ccc(C(C)=O)cc1.COC(C)C. The molecule has 0 spiro atoms. The van der Waals surface area contributed by atoms with Crippen LogP contribution in [0.3, 0.4) is 0 Å². The van der Waals surface area contributed by atoms with Crippen LogP contribution in [0.5, 0.6) is 0 Å². The number of methoxy groups -OCH3 is 1. The minimum Gasteiger partial charge on any atom is -0.382 e. The summed E-state index contributed by atoms with van der Waals surface area (Å²) in [5, 5.41) is 0. The zero-order valence-corrected chi connectivity index (χ0v) is 15.4. The van der Waals surface area contributed by atoms with E-state index in [4.69, 9.17) is 4.74 Å². The van der Waals surface area contributed by atoms with Gasteiger partial charge in [0.2, 0.25) is 0 Å². The first-order valence-electron chi connectivity index (χ1n) is 7.63. The molecule has 0 heterocycles. The molecule has 0 bridgehead atoms. The summed E-state index contributed by atoms with van der Waals surface area (Å²) in [6.07, 6.45) is 1.41. The zero-order valence-electron chi connectivity index (χ0n) is 15.4. The standard InChI is InChI=1S/C10H12O.C5H12.C4H10O.2CH4/c1-3-9-4-6-10(7-5-9)8(2)11;1-5(2,3)4;1-4(2)5-3;;/h4-7H,3H2,1-2H3;1-4H3;4H,1-3H3;2*1H4. The lowest BCUT2D eigenvalue weighted by molar-refractivity contribution is 0.101. The third-order valence-electron chi connectivity index (χ3n) is 2.24. The van der Waals surface area contributed by atoms with Crippen LogP contribution >= 0.6 is 0 Å². The number of rotatable bonds is 3. The van der Waals surface area contributed by atoms with Crippen molar-refractivity contribution in [1.82, 2.24) is 0 Å². The van der Waals surface area contributed by atoms with Gasteiger partial charge in [0.1, 0.15) is 0 Å². The fraction of sp³-hybridized carbons (Fsp3) is 0.667. The fourth-order valence-electron chi connectivity index (χ4n) is 0.975. The number of ether oxygens (including phenoxy) is 1. The van der Waals surface area contributed by atoms with E-state index in [0.29, 0.717) is 11.5 Å². The number of carbonyl (C=O) groups excluding carboxylic acids is 1. The van der Waals surface area contributed by atoms with Gasteiger partial charge < -0.3 is 4.74 Å². The second-order valence-electron chi connectivity index (χ2n) is 6.89. The number of hydrogen-bond acceptors (Lipinski definition) is 2. The molecule has 1 rings (SSSR count). The van der Waals surface area contributed by atoms with Gasteiger partial charge in [-0.05, 0) is 38.2 Å². The summed E-state index contributed by atoms with van der Waals surface area (Å²) >= 11 is 0. The zero-order chi connectivity index (χ0) is 17.1. The highest BCUT2D eigenvalue weighted by atomic mass is 16.5. The Hall–Kier alpha value is -1.15. The molecule has 0 aliphatic rings. The normalized spacial score (nSPS) is 9.30. The van der Waals surface area contributed by atoms with Gasteiger partial charge in [-0.2, -0.15) is 0 Å². The van der Waals surface area contributed by atoms with Crippen LogP contribution in [0.1, 0.15) is 86.2 Å². The van der Waals surface area contributed by atoms with Crippen molar-refractivity contribution < 1.29 is 9.53 Å². The molecule has 2 nitrogen and oxygen atoms in total. The van der Waals surface area contributed by atoms with Crippen LogP contribution in [0.15, 0.2) is 24.3 Å². The summed E-state index contributed by atoms with van der Waals surface area (Å²) in [5.74, 6) is 0.132. The van der Waals surface area contributed by atoms with Crippen molar-refractivity contribution in [2.75, 3.05) is 7.11 Å². The van der Waals surface area contributed by atoms with Crippen molar-refractivity contribution in [1.29, 1.82) is 0 Å². The molecule has 138 valence electrons. The maximum Gasteiger partial charge on any atom is 0.159 e. The molecule has 0 unspecified atom stereocenters. The number of carbonyl (C=O) groups is 1. The van der Waals surface area contributed by atoms with Crippen LogP contribution in [0.4, 0.5) is 0 Å². The highest BCUT2D eigenvalue weighted by Crippen LogP contribution is 2.08. The van der Waals surface area contributed by atoms with Gasteiger partial charge in [0.25, 0.3) is 0 Å². The van der Waals surface area contributed by atoms with Gasteiger partial charge in [0.15, 0.2) is 5.78 Å². The van der Waals surface area contributed by atoms with Crippen molar-refractivity contribution in [3.63, 3.8) is 0 Å². The molecule has 2 heteroatoms. The lowest BCUT2D eigenvalue weighted by Crippen LogP contribution is -1.94. The van der Waals surface area contributed by atoms with Crippen molar-refractivity contribution in [2.45, 2.75) is 82.8 Å². The summed E-state index contributed by atoms with van der Waals surface area (Å²) in [6, 6.07) is 7.75. The average Bonchev–Trinajstić information content (AvgIpc) is 2.37. The van der Waals surface area contributed by atoms with E-state index in [1.807, 2.05) is 38.1 Å². The first kappa shape index (κ1) is 29.8. The number of Topliss-reactive ketones (excluding diaryl/α,β-unsaturated/α-hetero) is 1. The predicted octanol–water partition coefficient (Wildman–Crippen LogP) is 6.82. The maximum absolute atomic E-state index is 10.8. The molecule has 0 saturated carbocycles. The van der Waals surface area contributed by atoms with Crippen LogP contribution in [-0.2, 0) is 11.2 Å². The largest absolute Gasteiger partial charge is 0.382 e. The lowest BCUT2D eigenvalue weighted by Gasteiger charge is -2.05. The molecule has 1 aromatic rings. The van der Waals surface area contributed by atoms with Gasteiger partial charge in [0.05, 0.1) is 6.10 Å². The Morgan fingerprint density at radius 3 is 1.52 bits per heavy atom. The maximum atomic E-state index is 10.8. The number of hydrogen-bond donors (Lipinski definition) is 0. The Bertz CT molecular complexity index is 364. The topological polar surface area (TPSA) is 26.3 Å². The third-order valence-corrected chi connectivity index (χ3v) is 2.24. The van der Waals surface area contributed by atoms with Crippen LogP contribution in [0.2, 0.25) is 0 Å². The number of benzene rings is 1. The molecule has 0 aliphatic carbocycles. The molecule has 0 amide bonds. The Balaban J connectivity index is -0.000000129. The van der Waals surface area contributed by atoms with Crippen LogP contribution in [-0.4, -0.2) is 19.0 Å². The summed E-state index contributed by atoms with van der Waals surface area (Å²) in [6.45, 7) is 16.4.